The first kappa shape index (κ1) is 20.6. The van der Waals surface area contributed by atoms with Crippen LogP contribution in [0.15, 0.2) is 66.0 Å². The zero-order valence-corrected chi connectivity index (χ0v) is 16.0. The van der Waals surface area contributed by atoms with Crippen molar-refractivity contribution in [2.75, 3.05) is 12.8 Å². The number of nitrogens with one attached hydrogen (secondary N) is 1. The van der Waals surface area contributed by atoms with Gasteiger partial charge in [-0.2, -0.15) is 13.2 Å². The molecule has 0 radical (unpaired) electrons. The summed E-state index contributed by atoms with van der Waals surface area (Å²) in [6.07, 6.45) is -2.59. The minimum atomic E-state index is -4.59. The first-order valence-electron chi connectivity index (χ1n) is 8.35. The number of carbonyl (C=O) groups is 1. The molecule has 10 heteroatoms. The van der Waals surface area contributed by atoms with Gasteiger partial charge in [-0.15, -0.1) is 0 Å². The second-order valence-corrected chi connectivity index (χ2v) is 8.17. The van der Waals surface area contributed by atoms with Gasteiger partial charge in [0.25, 0.3) is 5.91 Å². The molecule has 1 amide bonds. The van der Waals surface area contributed by atoms with E-state index in [4.69, 9.17) is 0 Å². The number of hydrogen-bond acceptors (Lipinski definition) is 4. The van der Waals surface area contributed by atoms with Crippen molar-refractivity contribution in [2.24, 2.45) is 0 Å². The SMILES string of the molecule is CS(=O)(=O)c1nc(C(=O)NCC(F)(F)F)cn1-c1ccc(-c2ccccc2)cc1. The number of alkyl halides is 3. The van der Waals surface area contributed by atoms with Crippen LogP contribution in [0.4, 0.5) is 13.2 Å². The first-order valence-corrected chi connectivity index (χ1v) is 10.2. The van der Waals surface area contributed by atoms with E-state index in [1.54, 1.807) is 29.6 Å². The van der Waals surface area contributed by atoms with E-state index in [9.17, 15) is 26.4 Å². The van der Waals surface area contributed by atoms with Gasteiger partial charge in [-0.1, -0.05) is 42.5 Å². The van der Waals surface area contributed by atoms with Gasteiger partial charge in [-0.05, 0) is 23.3 Å². The standard InChI is InChI=1S/C19H16F3N3O3S/c1-29(27,28)18-24-16(17(26)23-12-19(20,21)22)11-25(18)15-9-7-14(8-10-15)13-5-3-2-4-6-13/h2-11H,12H2,1H3,(H,23,26). The smallest absolute Gasteiger partial charge is 0.342 e. The Balaban J connectivity index is 1.96. The maximum atomic E-state index is 12.3. The van der Waals surface area contributed by atoms with E-state index in [1.807, 2.05) is 30.3 Å². The van der Waals surface area contributed by atoms with E-state index in [-0.39, 0.29) is 0 Å². The fourth-order valence-electron chi connectivity index (χ4n) is 2.64. The van der Waals surface area contributed by atoms with Crippen molar-refractivity contribution in [2.45, 2.75) is 11.3 Å². The number of halogens is 3. The fourth-order valence-corrected chi connectivity index (χ4v) is 3.41. The lowest BCUT2D eigenvalue weighted by atomic mass is 10.1. The van der Waals surface area contributed by atoms with Crippen LogP contribution in [-0.4, -0.2) is 42.9 Å². The molecule has 3 rings (SSSR count). The van der Waals surface area contributed by atoms with Crippen LogP contribution in [-0.2, 0) is 9.84 Å². The van der Waals surface area contributed by atoms with Crippen LogP contribution in [0.3, 0.4) is 0 Å². The number of rotatable bonds is 5. The van der Waals surface area contributed by atoms with Crippen molar-refractivity contribution in [3.63, 3.8) is 0 Å². The van der Waals surface area contributed by atoms with E-state index in [2.05, 4.69) is 4.98 Å². The molecule has 1 heterocycles. The summed E-state index contributed by atoms with van der Waals surface area (Å²) in [5, 5.41) is 1.24. The molecule has 0 aliphatic carbocycles. The highest BCUT2D eigenvalue weighted by atomic mass is 32.2. The minimum absolute atomic E-state index is 0.396. The van der Waals surface area contributed by atoms with E-state index in [1.165, 1.54) is 0 Å². The van der Waals surface area contributed by atoms with Gasteiger partial charge in [0.1, 0.15) is 12.2 Å². The van der Waals surface area contributed by atoms with Crippen LogP contribution in [0, 0.1) is 0 Å². The van der Waals surface area contributed by atoms with Gasteiger partial charge in [0, 0.05) is 18.1 Å². The summed E-state index contributed by atoms with van der Waals surface area (Å²) in [5.74, 6) is -1.12. The number of amides is 1. The second kappa shape index (κ2) is 7.70. The van der Waals surface area contributed by atoms with Crippen LogP contribution >= 0.6 is 0 Å². The van der Waals surface area contributed by atoms with Gasteiger partial charge in [0.15, 0.2) is 0 Å². The van der Waals surface area contributed by atoms with Crippen molar-refractivity contribution >= 4 is 15.7 Å². The fraction of sp³-hybridized carbons (Fsp3) is 0.158. The summed E-state index contributed by atoms with van der Waals surface area (Å²) in [7, 11) is -3.85. The third-order valence-corrected chi connectivity index (χ3v) is 4.89. The summed E-state index contributed by atoms with van der Waals surface area (Å²) >= 11 is 0. The Kier molecular flexibility index (Phi) is 5.47. The molecule has 0 spiro atoms. The van der Waals surface area contributed by atoms with Gasteiger partial charge in [0.05, 0.1) is 0 Å². The molecular weight excluding hydrogens is 407 g/mol. The Labute approximate surface area is 164 Å². The van der Waals surface area contributed by atoms with E-state index in [0.29, 0.717) is 5.69 Å². The molecule has 0 unspecified atom stereocenters. The molecular formula is C19H16F3N3O3S. The summed E-state index contributed by atoms with van der Waals surface area (Å²) < 4.78 is 62.2. The minimum Gasteiger partial charge on any atom is -0.342 e. The van der Waals surface area contributed by atoms with Crippen LogP contribution in [0.2, 0.25) is 0 Å². The lowest BCUT2D eigenvalue weighted by Crippen LogP contribution is -2.33. The van der Waals surface area contributed by atoms with Crippen molar-refractivity contribution < 1.29 is 26.4 Å². The number of carbonyl (C=O) groups excluding carboxylic acids is 1. The highest BCUT2D eigenvalue weighted by Crippen LogP contribution is 2.23. The molecule has 0 saturated heterocycles. The number of nitrogens with zero attached hydrogens (tertiary/aromatic N) is 2. The first-order chi connectivity index (χ1) is 13.5. The van der Waals surface area contributed by atoms with Crippen LogP contribution in [0.1, 0.15) is 10.5 Å². The Morgan fingerprint density at radius 3 is 2.17 bits per heavy atom. The number of imidazole rings is 1. The molecule has 3 aromatic rings. The number of sulfone groups is 1. The average Bonchev–Trinajstić information content (AvgIpc) is 3.12. The molecule has 0 bridgehead atoms. The largest absolute Gasteiger partial charge is 0.405 e. The summed E-state index contributed by atoms with van der Waals surface area (Å²) in [6.45, 7) is -1.54. The predicted molar refractivity (Wildman–Crippen MR) is 100 cm³/mol. The summed E-state index contributed by atoms with van der Waals surface area (Å²) in [4.78, 5) is 15.7. The van der Waals surface area contributed by atoms with E-state index < -0.39 is 39.3 Å². The maximum Gasteiger partial charge on any atom is 0.405 e. The molecule has 152 valence electrons. The van der Waals surface area contributed by atoms with Gasteiger partial charge in [0.2, 0.25) is 15.0 Å². The van der Waals surface area contributed by atoms with Crippen molar-refractivity contribution in [1.82, 2.24) is 14.9 Å². The molecule has 0 fully saturated rings. The normalized spacial score (nSPS) is 12.0. The van der Waals surface area contributed by atoms with Gasteiger partial charge in [-0.3, -0.25) is 9.36 Å². The van der Waals surface area contributed by atoms with Crippen LogP contribution in [0.25, 0.3) is 16.8 Å². The van der Waals surface area contributed by atoms with Crippen molar-refractivity contribution in [1.29, 1.82) is 0 Å². The molecule has 2 aromatic carbocycles. The summed E-state index contributed by atoms with van der Waals surface area (Å²) in [5.41, 5.74) is 1.81. The molecule has 29 heavy (non-hydrogen) atoms. The Bertz CT molecular complexity index is 1120. The van der Waals surface area contributed by atoms with Gasteiger partial charge in [-0.25, -0.2) is 13.4 Å². The number of aromatic nitrogens is 2. The van der Waals surface area contributed by atoms with Gasteiger partial charge < -0.3 is 5.32 Å². The molecule has 0 saturated carbocycles. The maximum absolute atomic E-state index is 12.3. The zero-order valence-electron chi connectivity index (χ0n) is 15.1. The topological polar surface area (TPSA) is 81.1 Å². The Morgan fingerprint density at radius 2 is 1.62 bits per heavy atom. The predicted octanol–water partition coefficient (Wildman–Crippen LogP) is 3.23. The number of hydrogen-bond donors (Lipinski definition) is 1. The second-order valence-electron chi connectivity index (χ2n) is 6.26. The average molecular weight is 423 g/mol. The molecule has 0 atom stereocenters. The van der Waals surface area contributed by atoms with Crippen LogP contribution < -0.4 is 5.32 Å². The summed E-state index contributed by atoms with van der Waals surface area (Å²) in [6, 6.07) is 16.3. The lowest BCUT2D eigenvalue weighted by Gasteiger charge is -2.08. The highest BCUT2D eigenvalue weighted by Gasteiger charge is 2.29. The monoisotopic (exact) mass is 423 g/mol. The molecule has 1 aromatic heterocycles. The van der Waals surface area contributed by atoms with E-state index >= 15 is 0 Å². The Morgan fingerprint density at radius 1 is 1.03 bits per heavy atom. The van der Waals surface area contributed by atoms with Crippen molar-refractivity contribution in [3.05, 3.63) is 66.5 Å². The third kappa shape index (κ3) is 5.02. The van der Waals surface area contributed by atoms with Crippen molar-refractivity contribution in [3.8, 4) is 16.8 Å². The molecule has 6 nitrogen and oxygen atoms in total. The third-order valence-electron chi connectivity index (χ3n) is 3.94. The van der Waals surface area contributed by atoms with E-state index in [0.717, 1.165) is 28.1 Å². The molecule has 1 N–H and O–H groups in total. The highest BCUT2D eigenvalue weighted by molar-refractivity contribution is 7.90. The quantitative estimate of drug-likeness (QED) is 0.683. The molecule has 0 aliphatic rings. The molecule has 0 aliphatic heterocycles. The van der Waals surface area contributed by atoms with Crippen LogP contribution in [0.5, 0.6) is 0 Å². The van der Waals surface area contributed by atoms with Gasteiger partial charge >= 0.3 is 6.18 Å². The number of benzene rings is 2. The lowest BCUT2D eigenvalue weighted by molar-refractivity contribution is -0.123. The Hall–Kier alpha value is -3.14. The zero-order chi connectivity index (χ0) is 21.2.